The van der Waals surface area contributed by atoms with Crippen molar-refractivity contribution in [3.05, 3.63) is 47.8 Å². The number of hydrogen-bond acceptors (Lipinski definition) is 4. The van der Waals surface area contributed by atoms with Crippen LogP contribution in [-0.2, 0) is 14.4 Å². The van der Waals surface area contributed by atoms with Crippen LogP contribution in [0.25, 0.3) is 0 Å². The van der Waals surface area contributed by atoms with Crippen LogP contribution < -0.4 is 5.32 Å². The molecule has 2 bridgehead atoms. The molecule has 2 fully saturated rings. The Hall–Kier alpha value is -2.54. The minimum atomic E-state index is -0.996. The van der Waals surface area contributed by atoms with Gasteiger partial charge in [0, 0.05) is 6.54 Å². The van der Waals surface area contributed by atoms with Crippen molar-refractivity contribution in [2.45, 2.75) is 12.5 Å². The number of hydrogen-bond donors (Lipinski definition) is 2. The molecule has 1 heterocycles. The van der Waals surface area contributed by atoms with E-state index in [0.717, 1.165) is 11.3 Å². The number of nitrogens with zero attached hydrogens (tertiary/aromatic N) is 1. The second-order valence-corrected chi connectivity index (χ2v) is 7.13. The highest BCUT2D eigenvalue weighted by Crippen LogP contribution is 2.52. The Kier molecular flexibility index (Phi) is 4.11. The van der Waals surface area contributed by atoms with E-state index in [0.29, 0.717) is 5.56 Å². The fourth-order valence-electron chi connectivity index (χ4n) is 4.33. The topological polar surface area (TPSA) is 86.7 Å². The lowest BCUT2D eigenvalue weighted by molar-refractivity contribution is -0.144. The molecule has 136 valence electrons. The molecule has 1 aromatic carbocycles. The van der Waals surface area contributed by atoms with Crippen molar-refractivity contribution in [2.75, 3.05) is 13.1 Å². The van der Waals surface area contributed by atoms with Crippen molar-refractivity contribution in [1.29, 1.82) is 0 Å². The maximum Gasteiger partial charge on any atom is 0.240 e. The molecule has 5 atom stereocenters. The molecule has 1 saturated heterocycles. The summed E-state index contributed by atoms with van der Waals surface area (Å²) >= 11 is 0. The van der Waals surface area contributed by atoms with Crippen molar-refractivity contribution >= 4 is 17.7 Å². The van der Waals surface area contributed by atoms with Crippen LogP contribution in [0.3, 0.4) is 0 Å². The van der Waals surface area contributed by atoms with Crippen LogP contribution in [0, 0.1) is 29.5 Å². The average molecular weight is 358 g/mol. The van der Waals surface area contributed by atoms with Crippen LogP contribution in [-0.4, -0.2) is 40.8 Å². The third-order valence-corrected chi connectivity index (χ3v) is 5.61. The first-order valence-electron chi connectivity index (χ1n) is 8.69. The number of halogens is 1. The molecule has 0 spiro atoms. The maximum atomic E-state index is 12.9. The number of likely N-dealkylation sites (tertiary alicyclic amines) is 1. The van der Waals surface area contributed by atoms with Gasteiger partial charge in [-0.3, -0.25) is 19.3 Å². The highest BCUT2D eigenvalue weighted by Gasteiger charge is 2.59. The summed E-state index contributed by atoms with van der Waals surface area (Å²) in [5.41, 5.74) is 0.470. The minimum Gasteiger partial charge on any atom is -0.387 e. The SMILES string of the molecule is O=C(CN1C(=O)[C@@H]2[C@H](C1=O)[C@H]1C=C[C@H]2C1)NC[C@H](O)c1ccc(F)cc1. The lowest BCUT2D eigenvalue weighted by Crippen LogP contribution is -2.42. The summed E-state index contributed by atoms with van der Waals surface area (Å²) in [6, 6.07) is 5.32. The van der Waals surface area contributed by atoms with Crippen LogP contribution in [0.5, 0.6) is 0 Å². The van der Waals surface area contributed by atoms with Gasteiger partial charge in [0.1, 0.15) is 12.4 Å². The van der Waals surface area contributed by atoms with Crippen molar-refractivity contribution in [3.63, 3.8) is 0 Å². The smallest absolute Gasteiger partial charge is 0.240 e. The van der Waals surface area contributed by atoms with Crippen LogP contribution in [0.1, 0.15) is 18.1 Å². The standard InChI is InChI=1S/C19H19FN2O4/c20-13-5-3-10(4-6-13)14(23)8-21-15(24)9-22-18(25)16-11-1-2-12(7-11)17(16)19(22)26/h1-6,11-12,14,16-17,23H,7-9H2,(H,21,24)/t11-,12-,14-,16-,17+/m0/s1. The lowest BCUT2D eigenvalue weighted by atomic mass is 9.85. The van der Waals surface area contributed by atoms with E-state index in [-0.39, 0.29) is 48.6 Å². The Balaban J connectivity index is 1.33. The summed E-state index contributed by atoms with van der Waals surface area (Å²) in [4.78, 5) is 38.2. The van der Waals surface area contributed by atoms with Crippen molar-refractivity contribution in [3.8, 4) is 0 Å². The largest absolute Gasteiger partial charge is 0.387 e. The molecule has 2 aliphatic carbocycles. The summed E-state index contributed by atoms with van der Waals surface area (Å²) in [6.45, 7) is -0.416. The van der Waals surface area contributed by atoms with E-state index in [1.165, 1.54) is 24.3 Å². The Morgan fingerprint density at radius 1 is 1.15 bits per heavy atom. The second kappa shape index (κ2) is 6.32. The number of carbonyl (C=O) groups is 3. The highest BCUT2D eigenvalue weighted by atomic mass is 19.1. The van der Waals surface area contributed by atoms with E-state index >= 15 is 0 Å². The predicted molar refractivity (Wildman–Crippen MR) is 88.8 cm³/mol. The summed E-state index contributed by atoms with van der Waals surface area (Å²) in [6.07, 6.45) is 3.85. The molecule has 0 unspecified atom stereocenters. The number of amides is 3. The van der Waals surface area contributed by atoms with E-state index in [2.05, 4.69) is 5.32 Å². The van der Waals surface area contributed by atoms with Gasteiger partial charge in [0.05, 0.1) is 17.9 Å². The molecule has 4 rings (SSSR count). The lowest BCUT2D eigenvalue weighted by Gasteiger charge is -2.18. The number of allylic oxidation sites excluding steroid dienone is 2. The Morgan fingerprint density at radius 3 is 2.31 bits per heavy atom. The number of aliphatic hydroxyl groups excluding tert-OH is 1. The molecule has 26 heavy (non-hydrogen) atoms. The third-order valence-electron chi connectivity index (χ3n) is 5.61. The summed E-state index contributed by atoms with van der Waals surface area (Å²) < 4.78 is 12.9. The second-order valence-electron chi connectivity index (χ2n) is 7.13. The molecular formula is C19H19FN2O4. The van der Waals surface area contributed by atoms with E-state index in [1.807, 2.05) is 12.2 Å². The van der Waals surface area contributed by atoms with Gasteiger partial charge in [-0.2, -0.15) is 0 Å². The van der Waals surface area contributed by atoms with Gasteiger partial charge < -0.3 is 10.4 Å². The number of carbonyl (C=O) groups excluding carboxylic acids is 3. The van der Waals surface area contributed by atoms with Crippen LogP contribution in [0.4, 0.5) is 4.39 Å². The van der Waals surface area contributed by atoms with E-state index in [9.17, 15) is 23.9 Å². The predicted octanol–water partition coefficient (Wildman–Crippen LogP) is 0.782. The average Bonchev–Trinajstić information content (AvgIpc) is 3.30. The van der Waals surface area contributed by atoms with Gasteiger partial charge in [-0.15, -0.1) is 0 Å². The first kappa shape index (κ1) is 16.9. The number of imide groups is 1. The number of rotatable bonds is 5. The number of benzene rings is 1. The molecule has 6 nitrogen and oxygen atoms in total. The molecule has 2 N–H and O–H groups in total. The van der Waals surface area contributed by atoms with Gasteiger partial charge in [-0.25, -0.2) is 4.39 Å². The molecule has 0 aromatic heterocycles. The normalized spacial score (nSPS) is 30.0. The van der Waals surface area contributed by atoms with E-state index < -0.39 is 17.8 Å². The zero-order valence-corrected chi connectivity index (χ0v) is 14.0. The van der Waals surface area contributed by atoms with Crippen LogP contribution in [0.2, 0.25) is 0 Å². The van der Waals surface area contributed by atoms with E-state index in [1.54, 1.807) is 0 Å². The van der Waals surface area contributed by atoms with Gasteiger partial charge in [0.2, 0.25) is 17.7 Å². The van der Waals surface area contributed by atoms with Gasteiger partial charge in [-0.1, -0.05) is 24.3 Å². The van der Waals surface area contributed by atoms with Gasteiger partial charge in [0.15, 0.2) is 0 Å². The van der Waals surface area contributed by atoms with Crippen molar-refractivity contribution in [2.24, 2.45) is 23.7 Å². The zero-order valence-electron chi connectivity index (χ0n) is 14.0. The summed E-state index contributed by atoms with van der Waals surface area (Å²) in [7, 11) is 0. The Bertz CT molecular complexity index is 761. The number of aliphatic hydroxyl groups is 1. The molecule has 1 aliphatic heterocycles. The molecule has 3 amide bonds. The van der Waals surface area contributed by atoms with Crippen molar-refractivity contribution < 1.29 is 23.9 Å². The molecule has 1 aromatic rings. The first-order chi connectivity index (χ1) is 12.5. The monoisotopic (exact) mass is 358 g/mol. The van der Waals surface area contributed by atoms with Crippen LogP contribution in [0.15, 0.2) is 36.4 Å². The molecule has 0 radical (unpaired) electrons. The Labute approximate surface area is 149 Å². The molecular weight excluding hydrogens is 339 g/mol. The van der Waals surface area contributed by atoms with Gasteiger partial charge in [-0.05, 0) is 36.0 Å². The quantitative estimate of drug-likeness (QED) is 0.602. The van der Waals surface area contributed by atoms with Gasteiger partial charge >= 0.3 is 0 Å². The number of nitrogens with one attached hydrogen (secondary N) is 1. The molecule has 7 heteroatoms. The summed E-state index contributed by atoms with van der Waals surface area (Å²) in [5.74, 6) is -1.90. The van der Waals surface area contributed by atoms with E-state index in [4.69, 9.17) is 0 Å². The van der Waals surface area contributed by atoms with Crippen molar-refractivity contribution in [1.82, 2.24) is 10.2 Å². The Morgan fingerprint density at radius 2 is 1.73 bits per heavy atom. The fraction of sp³-hybridized carbons (Fsp3) is 0.421. The van der Waals surface area contributed by atoms with Gasteiger partial charge in [0.25, 0.3) is 0 Å². The number of fused-ring (bicyclic) bond motifs is 5. The zero-order chi connectivity index (χ0) is 18.4. The molecule has 1 saturated carbocycles. The summed E-state index contributed by atoms with van der Waals surface area (Å²) in [5, 5.41) is 12.6. The molecule has 3 aliphatic rings. The fourth-order valence-corrected chi connectivity index (χ4v) is 4.33. The third kappa shape index (κ3) is 2.72. The highest BCUT2D eigenvalue weighted by molar-refractivity contribution is 6.08. The first-order valence-corrected chi connectivity index (χ1v) is 8.69. The van der Waals surface area contributed by atoms with Crippen LogP contribution >= 0.6 is 0 Å². The minimum absolute atomic E-state index is 0.0830. The maximum absolute atomic E-state index is 12.9.